The third kappa shape index (κ3) is 3.12. The van der Waals surface area contributed by atoms with E-state index in [4.69, 9.17) is 0 Å². The molecule has 2 aromatic carbocycles. The first-order valence-electron chi connectivity index (χ1n) is 7.65. The Morgan fingerprint density at radius 3 is 2.54 bits per heavy atom. The van der Waals surface area contributed by atoms with Gasteiger partial charge in [-0.3, -0.25) is 4.79 Å². The van der Waals surface area contributed by atoms with Crippen LogP contribution in [0.5, 0.6) is 0 Å². The van der Waals surface area contributed by atoms with E-state index in [-0.39, 0.29) is 5.91 Å². The number of nitrogens with zero attached hydrogens (tertiary/aromatic N) is 2. The molecule has 0 saturated heterocycles. The van der Waals surface area contributed by atoms with Crippen molar-refractivity contribution in [2.45, 2.75) is 20.8 Å². The van der Waals surface area contributed by atoms with Crippen molar-refractivity contribution in [1.82, 2.24) is 9.78 Å². The highest BCUT2D eigenvalue weighted by atomic mass is 79.9. The van der Waals surface area contributed by atoms with Gasteiger partial charge in [0.15, 0.2) is 0 Å². The summed E-state index contributed by atoms with van der Waals surface area (Å²) in [4.78, 5) is 12.6. The molecular weight excluding hydrogens is 366 g/mol. The number of aryl methyl sites for hydroxylation is 2. The van der Waals surface area contributed by atoms with E-state index in [0.717, 1.165) is 32.7 Å². The molecule has 0 saturated carbocycles. The summed E-state index contributed by atoms with van der Waals surface area (Å²) in [6, 6.07) is 13.7. The Morgan fingerprint density at radius 1 is 1.08 bits per heavy atom. The van der Waals surface area contributed by atoms with Crippen LogP contribution in [-0.2, 0) is 0 Å². The Hall–Kier alpha value is -2.40. The first kappa shape index (κ1) is 16.5. The number of amides is 1. The van der Waals surface area contributed by atoms with Crippen LogP contribution >= 0.6 is 15.9 Å². The first-order chi connectivity index (χ1) is 11.5. The van der Waals surface area contributed by atoms with E-state index in [1.807, 2.05) is 63.2 Å². The second kappa shape index (κ2) is 6.61. The molecule has 1 amide bonds. The zero-order chi connectivity index (χ0) is 17.3. The summed E-state index contributed by atoms with van der Waals surface area (Å²) in [7, 11) is 0. The van der Waals surface area contributed by atoms with Crippen LogP contribution in [0.4, 0.5) is 5.69 Å². The largest absolute Gasteiger partial charge is 0.322 e. The Morgan fingerprint density at radius 2 is 1.83 bits per heavy atom. The summed E-state index contributed by atoms with van der Waals surface area (Å²) >= 11 is 3.46. The first-order valence-corrected chi connectivity index (χ1v) is 8.45. The topological polar surface area (TPSA) is 46.9 Å². The molecule has 0 fully saturated rings. The summed E-state index contributed by atoms with van der Waals surface area (Å²) in [5, 5.41) is 7.32. The highest BCUT2D eigenvalue weighted by molar-refractivity contribution is 9.10. The van der Waals surface area contributed by atoms with Gasteiger partial charge in [0.05, 0.1) is 23.1 Å². The molecule has 4 nitrogen and oxygen atoms in total. The zero-order valence-electron chi connectivity index (χ0n) is 13.8. The summed E-state index contributed by atoms with van der Waals surface area (Å²) in [5.41, 5.74) is 5.31. The van der Waals surface area contributed by atoms with E-state index in [1.165, 1.54) is 0 Å². The van der Waals surface area contributed by atoms with Crippen LogP contribution in [-0.4, -0.2) is 15.7 Å². The predicted octanol–water partition coefficient (Wildman–Crippen LogP) is 4.81. The average Bonchev–Trinajstić information content (AvgIpc) is 2.93. The van der Waals surface area contributed by atoms with Crippen LogP contribution in [0.1, 0.15) is 27.2 Å². The average molecular weight is 384 g/mol. The molecule has 0 aliphatic heterocycles. The lowest BCUT2D eigenvalue weighted by Gasteiger charge is -2.09. The predicted molar refractivity (Wildman–Crippen MR) is 99.9 cm³/mol. The fourth-order valence-electron chi connectivity index (χ4n) is 2.60. The molecule has 0 bridgehead atoms. The number of hydrogen-bond acceptors (Lipinski definition) is 2. The molecular formula is C19H18BrN3O. The fraction of sp³-hybridized carbons (Fsp3) is 0.158. The van der Waals surface area contributed by atoms with Gasteiger partial charge in [-0.1, -0.05) is 34.1 Å². The second-order valence-corrected chi connectivity index (χ2v) is 6.61. The third-order valence-electron chi connectivity index (χ3n) is 4.01. The highest BCUT2D eigenvalue weighted by Gasteiger charge is 2.16. The molecule has 0 atom stereocenters. The molecule has 1 N–H and O–H groups in total. The number of hydrogen-bond donors (Lipinski definition) is 1. The van der Waals surface area contributed by atoms with Gasteiger partial charge in [-0.25, -0.2) is 4.68 Å². The van der Waals surface area contributed by atoms with E-state index in [9.17, 15) is 4.79 Å². The van der Waals surface area contributed by atoms with Crippen molar-refractivity contribution in [3.8, 4) is 5.69 Å². The fourth-order valence-corrected chi connectivity index (χ4v) is 2.84. The van der Waals surface area contributed by atoms with Gasteiger partial charge < -0.3 is 5.32 Å². The van der Waals surface area contributed by atoms with Gasteiger partial charge in [-0.05, 0) is 56.2 Å². The minimum absolute atomic E-state index is 0.158. The number of halogens is 1. The van der Waals surface area contributed by atoms with Crippen LogP contribution in [0, 0.1) is 20.8 Å². The van der Waals surface area contributed by atoms with Crippen molar-refractivity contribution >= 4 is 27.5 Å². The monoisotopic (exact) mass is 383 g/mol. The van der Waals surface area contributed by atoms with Gasteiger partial charge in [0.25, 0.3) is 5.91 Å². The number of carbonyl (C=O) groups excluding carboxylic acids is 1. The minimum Gasteiger partial charge on any atom is -0.322 e. The number of rotatable bonds is 3. The van der Waals surface area contributed by atoms with Gasteiger partial charge in [0.2, 0.25) is 0 Å². The maximum Gasteiger partial charge on any atom is 0.259 e. The van der Waals surface area contributed by atoms with E-state index in [0.29, 0.717) is 5.56 Å². The lowest BCUT2D eigenvalue weighted by molar-refractivity contribution is 0.102. The van der Waals surface area contributed by atoms with Crippen molar-refractivity contribution in [3.63, 3.8) is 0 Å². The Balaban J connectivity index is 1.89. The van der Waals surface area contributed by atoms with E-state index in [2.05, 4.69) is 26.3 Å². The molecule has 0 aliphatic rings. The molecule has 3 rings (SSSR count). The molecule has 1 aromatic heterocycles. The third-order valence-corrected chi connectivity index (χ3v) is 4.90. The standard InChI is InChI=1S/C19H18BrN3O/c1-12-6-4-5-7-18(12)23-14(3)16(11-21-23)19(24)22-15-8-9-17(20)13(2)10-15/h4-11H,1-3H3,(H,22,24). The number of aromatic nitrogens is 2. The Labute approximate surface area is 149 Å². The zero-order valence-corrected chi connectivity index (χ0v) is 15.4. The number of anilines is 1. The summed E-state index contributed by atoms with van der Waals surface area (Å²) < 4.78 is 2.82. The van der Waals surface area contributed by atoms with Crippen LogP contribution in [0.15, 0.2) is 53.1 Å². The normalized spacial score (nSPS) is 10.7. The summed E-state index contributed by atoms with van der Waals surface area (Å²) in [6.07, 6.45) is 1.61. The van der Waals surface area contributed by atoms with Gasteiger partial charge in [-0.2, -0.15) is 5.10 Å². The van der Waals surface area contributed by atoms with Crippen molar-refractivity contribution in [1.29, 1.82) is 0 Å². The Kier molecular flexibility index (Phi) is 4.53. The quantitative estimate of drug-likeness (QED) is 0.704. The van der Waals surface area contributed by atoms with Crippen LogP contribution < -0.4 is 5.32 Å². The maximum absolute atomic E-state index is 12.6. The van der Waals surface area contributed by atoms with E-state index >= 15 is 0 Å². The Bertz CT molecular complexity index is 915. The van der Waals surface area contributed by atoms with Gasteiger partial charge >= 0.3 is 0 Å². The van der Waals surface area contributed by atoms with Crippen molar-refractivity contribution in [2.24, 2.45) is 0 Å². The number of nitrogens with one attached hydrogen (secondary N) is 1. The van der Waals surface area contributed by atoms with E-state index < -0.39 is 0 Å². The molecule has 24 heavy (non-hydrogen) atoms. The van der Waals surface area contributed by atoms with Crippen molar-refractivity contribution < 1.29 is 4.79 Å². The van der Waals surface area contributed by atoms with Gasteiger partial charge in [0, 0.05) is 10.2 Å². The van der Waals surface area contributed by atoms with Gasteiger partial charge in [-0.15, -0.1) is 0 Å². The molecule has 0 aliphatic carbocycles. The number of para-hydroxylation sites is 1. The highest BCUT2D eigenvalue weighted by Crippen LogP contribution is 2.22. The lowest BCUT2D eigenvalue weighted by Crippen LogP contribution is -2.13. The maximum atomic E-state index is 12.6. The minimum atomic E-state index is -0.158. The van der Waals surface area contributed by atoms with Crippen LogP contribution in [0.2, 0.25) is 0 Å². The molecule has 122 valence electrons. The molecule has 3 aromatic rings. The molecule has 0 unspecified atom stereocenters. The SMILES string of the molecule is Cc1cc(NC(=O)c2cnn(-c3ccccc3C)c2C)ccc1Br. The number of benzene rings is 2. The number of carbonyl (C=O) groups is 1. The molecule has 5 heteroatoms. The van der Waals surface area contributed by atoms with Crippen LogP contribution in [0.3, 0.4) is 0 Å². The summed E-state index contributed by atoms with van der Waals surface area (Å²) in [6.45, 7) is 5.92. The smallest absolute Gasteiger partial charge is 0.259 e. The van der Waals surface area contributed by atoms with Gasteiger partial charge in [0.1, 0.15) is 0 Å². The molecule has 0 radical (unpaired) electrons. The van der Waals surface area contributed by atoms with Crippen LogP contribution in [0.25, 0.3) is 5.69 Å². The lowest BCUT2D eigenvalue weighted by atomic mass is 10.2. The second-order valence-electron chi connectivity index (χ2n) is 5.76. The van der Waals surface area contributed by atoms with Crippen molar-refractivity contribution in [2.75, 3.05) is 5.32 Å². The molecule has 0 spiro atoms. The molecule has 1 heterocycles. The van der Waals surface area contributed by atoms with E-state index in [1.54, 1.807) is 10.9 Å². The summed E-state index contributed by atoms with van der Waals surface area (Å²) in [5.74, 6) is -0.158. The van der Waals surface area contributed by atoms with Crippen molar-refractivity contribution in [3.05, 3.63) is 75.5 Å².